The summed E-state index contributed by atoms with van der Waals surface area (Å²) in [5, 5.41) is 0. The third-order valence-corrected chi connectivity index (χ3v) is 3.39. The van der Waals surface area contributed by atoms with Crippen molar-refractivity contribution in [3.63, 3.8) is 0 Å². The molecular formula is C15H10O4. The van der Waals surface area contributed by atoms with E-state index in [4.69, 9.17) is 14.2 Å². The van der Waals surface area contributed by atoms with Gasteiger partial charge in [-0.15, -0.1) is 0 Å². The molecule has 94 valence electrons. The van der Waals surface area contributed by atoms with E-state index in [0.29, 0.717) is 17.1 Å². The first-order valence-corrected chi connectivity index (χ1v) is 6.02. The lowest BCUT2D eigenvalue weighted by molar-refractivity contribution is 0.0478. The minimum absolute atomic E-state index is 0.236. The summed E-state index contributed by atoms with van der Waals surface area (Å²) >= 11 is 0. The molecule has 2 aliphatic rings. The van der Waals surface area contributed by atoms with E-state index in [1.807, 2.05) is 30.3 Å². The second-order valence-electron chi connectivity index (χ2n) is 4.48. The van der Waals surface area contributed by atoms with Crippen molar-refractivity contribution in [1.29, 1.82) is 0 Å². The van der Waals surface area contributed by atoms with Gasteiger partial charge in [-0.3, -0.25) is 0 Å². The molecule has 0 saturated carbocycles. The average Bonchev–Trinajstić information content (AvgIpc) is 2.85. The van der Waals surface area contributed by atoms with E-state index in [1.165, 1.54) is 0 Å². The summed E-state index contributed by atoms with van der Waals surface area (Å²) in [6, 6.07) is 11.2. The van der Waals surface area contributed by atoms with Crippen molar-refractivity contribution in [1.82, 2.24) is 0 Å². The van der Waals surface area contributed by atoms with E-state index in [1.54, 1.807) is 6.07 Å². The molecule has 0 aromatic heterocycles. The second-order valence-corrected chi connectivity index (χ2v) is 4.48. The second kappa shape index (κ2) is 3.75. The Morgan fingerprint density at radius 1 is 0.842 bits per heavy atom. The van der Waals surface area contributed by atoms with Crippen LogP contribution in [0.4, 0.5) is 0 Å². The molecule has 19 heavy (non-hydrogen) atoms. The predicted molar refractivity (Wildman–Crippen MR) is 67.1 cm³/mol. The van der Waals surface area contributed by atoms with Crippen molar-refractivity contribution in [3.8, 4) is 22.6 Å². The number of fused-ring (bicyclic) bond motifs is 4. The van der Waals surface area contributed by atoms with Crippen LogP contribution in [0.5, 0.6) is 11.5 Å². The molecule has 0 spiro atoms. The number of carbonyl (C=O) groups is 1. The van der Waals surface area contributed by atoms with Crippen LogP contribution in [0.25, 0.3) is 11.1 Å². The molecule has 0 saturated heterocycles. The summed E-state index contributed by atoms with van der Waals surface area (Å²) in [6.07, 6.45) is 0. The van der Waals surface area contributed by atoms with Crippen molar-refractivity contribution in [2.24, 2.45) is 0 Å². The van der Waals surface area contributed by atoms with Crippen LogP contribution in [0.3, 0.4) is 0 Å². The van der Waals surface area contributed by atoms with Gasteiger partial charge in [0.2, 0.25) is 6.79 Å². The van der Waals surface area contributed by atoms with Crippen molar-refractivity contribution in [2.45, 2.75) is 6.61 Å². The zero-order valence-corrected chi connectivity index (χ0v) is 10.0. The highest BCUT2D eigenvalue weighted by Crippen LogP contribution is 2.41. The Balaban J connectivity index is 2.00. The van der Waals surface area contributed by atoms with E-state index >= 15 is 0 Å². The van der Waals surface area contributed by atoms with Crippen LogP contribution in [0, 0.1) is 0 Å². The lowest BCUT2D eigenvalue weighted by atomic mass is 9.96. The Bertz CT molecular complexity index is 691. The van der Waals surface area contributed by atoms with Crippen molar-refractivity contribution < 1.29 is 19.0 Å². The molecule has 0 bridgehead atoms. The molecule has 0 unspecified atom stereocenters. The van der Waals surface area contributed by atoms with Crippen LogP contribution in [0.2, 0.25) is 0 Å². The van der Waals surface area contributed by atoms with Gasteiger partial charge in [-0.2, -0.15) is 0 Å². The zero-order chi connectivity index (χ0) is 12.8. The number of cyclic esters (lactones) is 1. The van der Waals surface area contributed by atoms with Gasteiger partial charge in [0, 0.05) is 5.56 Å². The minimum Gasteiger partial charge on any atom is -0.457 e. The number of esters is 1. The topological polar surface area (TPSA) is 44.8 Å². The molecule has 2 heterocycles. The highest BCUT2D eigenvalue weighted by molar-refractivity contribution is 5.99. The molecule has 2 aliphatic heterocycles. The number of ether oxygens (including phenoxy) is 3. The van der Waals surface area contributed by atoms with E-state index in [9.17, 15) is 4.79 Å². The number of carbonyl (C=O) groups excluding carboxylic acids is 1. The van der Waals surface area contributed by atoms with Crippen LogP contribution in [-0.4, -0.2) is 12.8 Å². The number of hydrogen-bond donors (Lipinski definition) is 0. The molecule has 0 atom stereocenters. The maximum atomic E-state index is 11.9. The van der Waals surface area contributed by atoms with E-state index in [0.717, 1.165) is 16.7 Å². The van der Waals surface area contributed by atoms with Gasteiger partial charge in [0.05, 0.1) is 5.56 Å². The van der Waals surface area contributed by atoms with Gasteiger partial charge < -0.3 is 14.2 Å². The number of hydrogen-bond acceptors (Lipinski definition) is 4. The first-order valence-electron chi connectivity index (χ1n) is 6.02. The van der Waals surface area contributed by atoms with Crippen molar-refractivity contribution >= 4 is 5.97 Å². The number of benzene rings is 2. The Labute approximate surface area is 109 Å². The fourth-order valence-corrected chi connectivity index (χ4v) is 2.47. The van der Waals surface area contributed by atoms with Gasteiger partial charge in [-0.05, 0) is 29.3 Å². The maximum absolute atomic E-state index is 11.9. The molecule has 2 aromatic carbocycles. The van der Waals surface area contributed by atoms with Crippen LogP contribution >= 0.6 is 0 Å². The molecule has 2 aromatic rings. The first kappa shape index (κ1) is 10.4. The average molecular weight is 254 g/mol. The van der Waals surface area contributed by atoms with Crippen LogP contribution in [0.15, 0.2) is 36.4 Å². The van der Waals surface area contributed by atoms with Crippen LogP contribution < -0.4 is 9.47 Å². The fraction of sp³-hybridized carbons (Fsp3) is 0.133. The van der Waals surface area contributed by atoms with Gasteiger partial charge in [0.15, 0.2) is 11.5 Å². The highest BCUT2D eigenvalue weighted by atomic mass is 16.7. The molecule has 0 N–H and O–H groups in total. The minimum atomic E-state index is -0.297. The third kappa shape index (κ3) is 1.50. The van der Waals surface area contributed by atoms with Crippen LogP contribution in [0.1, 0.15) is 15.9 Å². The Morgan fingerprint density at radius 3 is 2.42 bits per heavy atom. The largest absolute Gasteiger partial charge is 0.457 e. The van der Waals surface area contributed by atoms with Gasteiger partial charge >= 0.3 is 5.97 Å². The summed E-state index contributed by atoms with van der Waals surface area (Å²) in [6.45, 7) is 0.485. The van der Waals surface area contributed by atoms with Crippen LogP contribution in [-0.2, 0) is 11.3 Å². The molecule has 4 rings (SSSR count). The first-order chi connectivity index (χ1) is 9.33. The molecule has 0 amide bonds. The monoisotopic (exact) mass is 254 g/mol. The summed E-state index contributed by atoms with van der Waals surface area (Å²) < 4.78 is 16.0. The number of rotatable bonds is 0. The van der Waals surface area contributed by atoms with Crippen molar-refractivity contribution in [3.05, 3.63) is 47.5 Å². The van der Waals surface area contributed by atoms with Gasteiger partial charge in [-0.1, -0.05) is 18.2 Å². The fourth-order valence-electron chi connectivity index (χ4n) is 2.47. The SMILES string of the molecule is O=C1OCc2cc3c(cc2-c2ccccc21)OCO3. The third-order valence-electron chi connectivity index (χ3n) is 3.39. The van der Waals surface area contributed by atoms with E-state index in [-0.39, 0.29) is 19.4 Å². The van der Waals surface area contributed by atoms with E-state index in [2.05, 4.69) is 0 Å². The van der Waals surface area contributed by atoms with Gasteiger partial charge in [0.25, 0.3) is 0 Å². The molecule has 4 heteroatoms. The summed E-state index contributed by atoms with van der Waals surface area (Å²) in [5.41, 5.74) is 3.35. The molecule has 4 nitrogen and oxygen atoms in total. The molecule has 0 aliphatic carbocycles. The molecule has 0 radical (unpaired) electrons. The predicted octanol–water partition coefficient (Wildman–Crippen LogP) is 2.75. The molecular weight excluding hydrogens is 244 g/mol. The van der Waals surface area contributed by atoms with Gasteiger partial charge in [-0.25, -0.2) is 4.79 Å². The summed E-state index contributed by atoms with van der Waals surface area (Å²) in [4.78, 5) is 11.9. The standard InChI is InChI=1S/C15H10O4/c16-15-11-4-2-1-3-10(11)12-6-14-13(18-8-19-14)5-9(12)7-17-15/h1-6H,7-8H2. The summed E-state index contributed by atoms with van der Waals surface area (Å²) in [5.74, 6) is 1.12. The Hall–Kier alpha value is -2.49. The smallest absolute Gasteiger partial charge is 0.339 e. The summed E-state index contributed by atoms with van der Waals surface area (Å²) in [7, 11) is 0. The Kier molecular flexibility index (Phi) is 2.06. The quantitative estimate of drug-likeness (QED) is 0.678. The zero-order valence-electron chi connectivity index (χ0n) is 10.0. The Morgan fingerprint density at radius 2 is 1.58 bits per heavy atom. The lowest BCUT2D eigenvalue weighted by Gasteiger charge is -2.08. The molecule has 0 fully saturated rings. The van der Waals surface area contributed by atoms with E-state index < -0.39 is 0 Å². The normalized spacial score (nSPS) is 15.3. The maximum Gasteiger partial charge on any atom is 0.339 e. The van der Waals surface area contributed by atoms with Gasteiger partial charge in [0.1, 0.15) is 6.61 Å². The highest BCUT2D eigenvalue weighted by Gasteiger charge is 2.24. The van der Waals surface area contributed by atoms with Crippen molar-refractivity contribution in [2.75, 3.05) is 6.79 Å². The lowest BCUT2D eigenvalue weighted by Crippen LogP contribution is -2.02.